The van der Waals surface area contributed by atoms with Crippen LogP contribution in [0.1, 0.15) is 65.2 Å². The number of ether oxygens (including phenoxy) is 2. The van der Waals surface area contributed by atoms with E-state index in [0.29, 0.717) is 48.9 Å². The minimum absolute atomic E-state index is 0.00815. The number of rotatable bonds is 9. The van der Waals surface area contributed by atoms with Gasteiger partial charge in [-0.2, -0.15) is 5.10 Å². The first kappa shape index (κ1) is 39.1. The van der Waals surface area contributed by atoms with Gasteiger partial charge in [-0.25, -0.2) is 27.2 Å². The number of carboxylic acid groups (broad SMARTS) is 1. The van der Waals surface area contributed by atoms with E-state index in [2.05, 4.69) is 27.6 Å². The predicted molar refractivity (Wildman–Crippen MR) is 205 cm³/mol. The van der Waals surface area contributed by atoms with Gasteiger partial charge in [-0.15, -0.1) is 0 Å². The third-order valence-electron chi connectivity index (χ3n) is 11.7. The van der Waals surface area contributed by atoms with Gasteiger partial charge in [0.05, 0.1) is 30.8 Å². The van der Waals surface area contributed by atoms with Crippen molar-refractivity contribution < 1.29 is 42.2 Å². The lowest BCUT2D eigenvalue weighted by Crippen LogP contribution is -2.59. The van der Waals surface area contributed by atoms with Crippen molar-refractivity contribution in [2.24, 2.45) is 17.8 Å². The van der Waals surface area contributed by atoms with E-state index in [9.17, 15) is 32.7 Å². The zero-order valence-electron chi connectivity index (χ0n) is 32.0. The molecule has 2 saturated carbocycles. The monoisotopic (exact) mass is 791 g/mol. The molecule has 1 saturated heterocycles. The summed E-state index contributed by atoms with van der Waals surface area (Å²) in [5.74, 6) is -1.84. The van der Waals surface area contributed by atoms with Gasteiger partial charge >= 0.3 is 6.09 Å². The lowest BCUT2D eigenvalue weighted by Gasteiger charge is -2.33. The Kier molecular flexibility index (Phi) is 10.7. The largest absolute Gasteiger partial charge is 0.497 e. The van der Waals surface area contributed by atoms with Crippen LogP contribution >= 0.6 is 0 Å². The van der Waals surface area contributed by atoms with Crippen LogP contribution in [0.4, 0.5) is 4.79 Å². The fraction of sp³-hybridized carbons (Fsp3) is 0.538. The van der Waals surface area contributed by atoms with Gasteiger partial charge in [-0.3, -0.25) is 14.4 Å². The van der Waals surface area contributed by atoms with E-state index < -0.39 is 68.7 Å². The Morgan fingerprint density at radius 1 is 1.16 bits per heavy atom. The van der Waals surface area contributed by atoms with Crippen LogP contribution in [-0.4, -0.2) is 111 Å². The molecule has 3 fully saturated rings. The molecule has 2 aliphatic carbocycles. The summed E-state index contributed by atoms with van der Waals surface area (Å²) in [6, 6.07) is 4.86. The molecule has 4 aliphatic rings. The Morgan fingerprint density at radius 2 is 1.95 bits per heavy atom. The van der Waals surface area contributed by atoms with Gasteiger partial charge in [0.2, 0.25) is 27.7 Å². The van der Waals surface area contributed by atoms with Crippen LogP contribution in [-0.2, 0) is 24.4 Å². The molecule has 2 aromatic heterocycles. The number of pyridine rings is 1. The number of sulfonamides is 1. The summed E-state index contributed by atoms with van der Waals surface area (Å²) in [4.78, 5) is 61.5. The van der Waals surface area contributed by atoms with E-state index in [1.165, 1.54) is 11.9 Å². The third kappa shape index (κ3) is 7.52. The number of fused-ring (bicyclic) bond motifs is 3. The van der Waals surface area contributed by atoms with Crippen molar-refractivity contribution in [2.45, 2.75) is 94.2 Å². The average molecular weight is 792 g/mol. The quantitative estimate of drug-likeness (QED) is 0.267. The van der Waals surface area contributed by atoms with Crippen molar-refractivity contribution in [3.8, 4) is 17.3 Å². The van der Waals surface area contributed by atoms with Gasteiger partial charge in [0.1, 0.15) is 29.5 Å². The first-order chi connectivity index (χ1) is 26.8. The predicted octanol–water partition coefficient (Wildman–Crippen LogP) is 3.64. The fourth-order valence-electron chi connectivity index (χ4n) is 8.29. The second-order valence-electron chi connectivity index (χ2n) is 15.5. The fourth-order valence-corrected chi connectivity index (χ4v) is 9.86. The van der Waals surface area contributed by atoms with Crippen molar-refractivity contribution in [1.82, 2.24) is 34.6 Å². The van der Waals surface area contributed by atoms with Gasteiger partial charge in [0.25, 0.3) is 5.91 Å². The second kappa shape index (κ2) is 15.4. The molecule has 0 radical (unpaired) electrons. The summed E-state index contributed by atoms with van der Waals surface area (Å²) < 4.78 is 40.9. The summed E-state index contributed by atoms with van der Waals surface area (Å²) in [6.07, 6.45) is 10.3. The molecule has 0 spiro atoms. The second-order valence-corrected chi connectivity index (χ2v) is 17.8. The van der Waals surface area contributed by atoms with Crippen molar-refractivity contribution in [2.75, 3.05) is 20.7 Å². The molecule has 0 bridgehead atoms. The first-order valence-corrected chi connectivity index (χ1v) is 20.7. The third-order valence-corrected chi connectivity index (χ3v) is 14.0. The number of carbonyl (C=O) groups is 4. The number of aromatic nitrogens is 3. The van der Waals surface area contributed by atoms with Gasteiger partial charge in [-0.1, -0.05) is 32.4 Å². The van der Waals surface area contributed by atoms with Crippen molar-refractivity contribution >= 4 is 44.6 Å². The molecule has 3 N–H and O–H groups in total. The average Bonchev–Trinajstić information content (AvgIpc) is 4.05. The number of carbonyl (C=O) groups excluding carboxylic acids is 3. The van der Waals surface area contributed by atoms with Crippen LogP contribution in [0, 0.1) is 17.8 Å². The smallest absolute Gasteiger partial charge is 0.405 e. The number of benzene rings is 1. The van der Waals surface area contributed by atoms with Crippen molar-refractivity contribution in [3.05, 3.63) is 55.0 Å². The lowest BCUT2D eigenvalue weighted by molar-refractivity contribution is -0.142. The molecule has 16 nitrogen and oxygen atoms in total. The van der Waals surface area contributed by atoms with Gasteiger partial charge in [0.15, 0.2) is 0 Å². The number of allylic oxidation sites excluding steroid dienone is 1. The number of hydrogen-bond acceptors (Lipinski definition) is 10. The normalized spacial score (nSPS) is 28.9. The minimum atomic E-state index is -3.91. The maximum absolute atomic E-state index is 14.7. The molecule has 300 valence electrons. The maximum atomic E-state index is 14.7. The number of methoxy groups -OCH3 is 1. The molecule has 3 aromatic rings. The molecule has 56 heavy (non-hydrogen) atoms. The van der Waals surface area contributed by atoms with Gasteiger partial charge < -0.3 is 30.1 Å². The lowest BCUT2D eigenvalue weighted by atomic mass is 9.85. The molecule has 4 heterocycles. The van der Waals surface area contributed by atoms with E-state index in [4.69, 9.17) is 9.47 Å². The highest BCUT2D eigenvalue weighted by Crippen LogP contribution is 2.48. The minimum Gasteiger partial charge on any atom is -0.497 e. The molecule has 2 aliphatic heterocycles. The van der Waals surface area contributed by atoms with Crippen LogP contribution < -0.4 is 20.1 Å². The Morgan fingerprint density at radius 3 is 2.62 bits per heavy atom. The highest BCUT2D eigenvalue weighted by Gasteiger charge is 2.63. The molecule has 4 amide bonds. The first-order valence-electron chi connectivity index (χ1n) is 19.2. The van der Waals surface area contributed by atoms with E-state index in [-0.39, 0.29) is 37.1 Å². The van der Waals surface area contributed by atoms with E-state index in [1.807, 2.05) is 25.1 Å². The van der Waals surface area contributed by atoms with E-state index in [0.717, 1.165) is 16.1 Å². The van der Waals surface area contributed by atoms with Crippen LogP contribution in [0.5, 0.6) is 11.6 Å². The summed E-state index contributed by atoms with van der Waals surface area (Å²) in [7, 11) is -1.12. The van der Waals surface area contributed by atoms with Gasteiger partial charge in [0, 0.05) is 42.6 Å². The van der Waals surface area contributed by atoms with Crippen LogP contribution in [0.2, 0.25) is 0 Å². The molecule has 7 atom stereocenters. The number of likely N-dealkylation sites (N-methyl/N-ethyl adjacent to an activating group) is 1. The maximum Gasteiger partial charge on any atom is 0.405 e. The van der Waals surface area contributed by atoms with Crippen molar-refractivity contribution in [3.63, 3.8) is 0 Å². The standard InChI is InChI=1S/C39H49N7O9S/c1-5-24-17-23(2)9-6-7-10-25-20-39(25,37(49)44(3)56(52,53)28-12-13-28)43-34(47)31-19-27(22-45(31)36(48)33(24)42-38(50)51)55-35-29-14-11-26(54-4)18-30(29)32(21-40-35)46-16-8-15-41-46/h7-8,10-11,14-16,18,21,23-25,27-28,31,33,42H,5-6,9,12-13,17,19-20,22H2,1-4H3,(H,43,47)(H,50,51)/b10-7-/t23-,24-,25-,27-,31+,33+,39-/m1/s1. The topological polar surface area (TPSA) is 202 Å². The Hall–Kier alpha value is -5.19. The van der Waals surface area contributed by atoms with Crippen LogP contribution in [0.25, 0.3) is 16.5 Å². The Bertz CT molecular complexity index is 2140. The highest BCUT2D eigenvalue weighted by molar-refractivity contribution is 7.90. The summed E-state index contributed by atoms with van der Waals surface area (Å²) >= 11 is 0. The van der Waals surface area contributed by atoms with E-state index in [1.54, 1.807) is 48.6 Å². The molecule has 7 rings (SSSR count). The Balaban J connectivity index is 1.25. The van der Waals surface area contributed by atoms with E-state index >= 15 is 0 Å². The number of amides is 4. The molecular formula is C39H49N7O9S. The summed E-state index contributed by atoms with van der Waals surface area (Å²) in [5.41, 5.74) is -0.864. The van der Waals surface area contributed by atoms with Crippen LogP contribution in [0.3, 0.4) is 0 Å². The zero-order chi connectivity index (χ0) is 39.9. The van der Waals surface area contributed by atoms with Crippen molar-refractivity contribution in [1.29, 1.82) is 0 Å². The molecule has 1 aromatic carbocycles. The number of nitrogens with one attached hydrogen (secondary N) is 2. The highest BCUT2D eigenvalue weighted by atomic mass is 32.2. The molecular weight excluding hydrogens is 743 g/mol. The molecule has 0 unspecified atom stereocenters. The summed E-state index contributed by atoms with van der Waals surface area (Å²) in [6.45, 7) is 3.88. The van der Waals surface area contributed by atoms with Crippen LogP contribution in [0.15, 0.2) is 55.0 Å². The molecule has 17 heteroatoms. The van der Waals surface area contributed by atoms with Gasteiger partial charge in [-0.05, 0) is 74.6 Å². The number of hydrogen-bond donors (Lipinski definition) is 3. The SMILES string of the molecule is CC[C@@H]1C[C@H](C)CC/C=C\[C@@H]2C[C@@]2(C(=O)N(C)S(=O)(=O)C2CC2)NC(=O)[C@@H]2C[C@@H](Oc3ncc(-n4cccn4)c4cc(OC)ccc34)CN2C(=O)[C@H]1NC(=O)O. The summed E-state index contributed by atoms with van der Waals surface area (Å²) in [5, 5.41) is 20.4. The zero-order valence-corrected chi connectivity index (χ0v) is 32.8. The Labute approximate surface area is 325 Å². The number of nitrogens with zero attached hydrogens (tertiary/aromatic N) is 5.